The molecule has 3 N–H and O–H groups in total. The third-order valence-corrected chi connectivity index (χ3v) is 8.66. The van der Waals surface area contributed by atoms with Crippen LogP contribution in [0.15, 0.2) is 36.4 Å². The first-order chi connectivity index (χ1) is 20.9. The molecule has 1 saturated heterocycles. The fourth-order valence-electron chi connectivity index (χ4n) is 6.50. The molecule has 0 spiro atoms. The minimum Gasteiger partial charge on any atom is -0.345 e. The van der Waals surface area contributed by atoms with E-state index in [1.54, 1.807) is 52.3 Å². The molecule has 4 amide bonds. The summed E-state index contributed by atoms with van der Waals surface area (Å²) in [4.78, 5) is 57.9. The lowest BCUT2D eigenvalue weighted by Crippen LogP contribution is -2.53. The van der Waals surface area contributed by atoms with Gasteiger partial charge in [0.05, 0.1) is 12.6 Å². The average molecular weight is 602 g/mol. The Kier molecular flexibility index (Phi) is 10.1. The first-order valence-corrected chi connectivity index (χ1v) is 15.0. The number of rotatable bonds is 9. The minimum absolute atomic E-state index is 0.0370. The number of aryl methyl sites for hydroxylation is 2. The first kappa shape index (κ1) is 32.6. The van der Waals surface area contributed by atoms with Gasteiger partial charge in [0.25, 0.3) is 11.8 Å². The molecule has 44 heavy (non-hydrogen) atoms. The van der Waals surface area contributed by atoms with Gasteiger partial charge < -0.3 is 20.0 Å². The lowest BCUT2D eigenvalue weighted by atomic mass is 9.67. The summed E-state index contributed by atoms with van der Waals surface area (Å²) in [6.07, 6.45) is 2.90. The van der Waals surface area contributed by atoms with E-state index in [-0.39, 0.29) is 42.6 Å². The summed E-state index contributed by atoms with van der Waals surface area (Å²) >= 11 is 0. The molecule has 0 bridgehead atoms. The molecule has 2 atom stereocenters. The van der Waals surface area contributed by atoms with E-state index >= 15 is 0 Å². The number of nitriles is 1. The molecule has 0 saturated carbocycles. The van der Waals surface area contributed by atoms with Crippen LogP contribution in [0.1, 0.15) is 69.2 Å². The van der Waals surface area contributed by atoms with Crippen molar-refractivity contribution in [3.8, 4) is 6.07 Å². The summed E-state index contributed by atoms with van der Waals surface area (Å²) in [5, 5.41) is 12.8. The number of nitrogens with zero attached hydrogens (tertiary/aromatic N) is 4. The van der Waals surface area contributed by atoms with Crippen molar-refractivity contribution in [2.45, 2.75) is 56.5 Å². The van der Waals surface area contributed by atoms with Crippen LogP contribution in [-0.4, -0.2) is 98.7 Å². The second-order valence-corrected chi connectivity index (χ2v) is 12.1. The summed E-state index contributed by atoms with van der Waals surface area (Å²) < 4.78 is 0. The Labute approximate surface area is 259 Å². The zero-order chi connectivity index (χ0) is 32.2. The van der Waals surface area contributed by atoms with Gasteiger partial charge >= 0.3 is 0 Å². The van der Waals surface area contributed by atoms with Crippen LogP contribution in [0.5, 0.6) is 0 Å². The van der Waals surface area contributed by atoms with Gasteiger partial charge in [-0.2, -0.15) is 5.26 Å². The number of carbonyl (C=O) groups is 4. The van der Waals surface area contributed by atoms with Crippen molar-refractivity contribution >= 4 is 23.6 Å². The largest absolute Gasteiger partial charge is 0.345 e. The van der Waals surface area contributed by atoms with Gasteiger partial charge in [0.1, 0.15) is 11.5 Å². The Morgan fingerprint density at radius 1 is 0.977 bits per heavy atom. The fourth-order valence-corrected chi connectivity index (χ4v) is 6.50. The molecule has 11 heteroatoms. The maximum atomic E-state index is 14.4. The predicted octanol–water partition coefficient (Wildman–Crippen LogP) is 1.61. The van der Waals surface area contributed by atoms with Crippen LogP contribution in [0.25, 0.3) is 0 Å². The number of hydrogen-bond donors (Lipinski definition) is 3. The molecule has 11 nitrogen and oxygen atoms in total. The van der Waals surface area contributed by atoms with Crippen LogP contribution >= 0.6 is 0 Å². The standard InChI is InChI=1S/C33H43N7O4/c1-21(36-20-29(41)40-15-7-8-26(40)19-34)18-33(32(44)37-35-2)27-13-11-24(30(42)38(3)4)16-22(27)9-10-23-17-25(12-14-28(23)33)31(43)39(5)6/h11-14,16-17,21,26,35-36H,7-10,15,18,20H2,1-6H3,(H,37,44)/t21-,26?/m1/s1. The summed E-state index contributed by atoms with van der Waals surface area (Å²) in [6, 6.07) is 12.5. The van der Waals surface area contributed by atoms with Crippen molar-refractivity contribution in [2.24, 2.45) is 0 Å². The second kappa shape index (κ2) is 13.6. The molecule has 1 aliphatic carbocycles. The van der Waals surface area contributed by atoms with Crippen LogP contribution < -0.4 is 16.2 Å². The molecule has 1 unspecified atom stereocenters. The molecule has 0 aromatic heterocycles. The fraction of sp³-hybridized carbons (Fsp3) is 0.485. The van der Waals surface area contributed by atoms with Crippen LogP contribution in [0, 0.1) is 11.3 Å². The molecule has 2 aromatic rings. The van der Waals surface area contributed by atoms with E-state index in [2.05, 4.69) is 22.2 Å². The number of hydrazine groups is 1. The van der Waals surface area contributed by atoms with Crippen molar-refractivity contribution < 1.29 is 19.2 Å². The number of amides is 4. The number of hydrogen-bond acceptors (Lipinski definition) is 7. The van der Waals surface area contributed by atoms with Gasteiger partial charge in [-0.05, 0) is 85.5 Å². The van der Waals surface area contributed by atoms with Gasteiger partial charge in [-0.25, -0.2) is 5.43 Å². The van der Waals surface area contributed by atoms with Gasteiger partial charge in [0, 0.05) is 59.0 Å². The van der Waals surface area contributed by atoms with Crippen molar-refractivity contribution in [1.29, 1.82) is 5.26 Å². The number of likely N-dealkylation sites (tertiary alicyclic amines) is 1. The lowest BCUT2D eigenvalue weighted by Gasteiger charge is -2.37. The Bertz CT molecular complexity index is 1410. The summed E-state index contributed by atoms with van der Waals surface area (Å²) in [7, 11) is 8.44. The molecule has 2 aromatic carbocycles. The second-order valence-electron chi connectivity index (χ2n) is 12.1. The molecule has 4 rings (SSSR count). The maximum absolute atomic E-state index is 14.4. The SMILES string of the molecule is CNNC(=O)C1(C[C@@H](C)NCC(=O)N2CCCC2C#N)c2ccc(C(=O)N(C)C)cc2CCc2cc(C(=O)N(C)C)ccc21. The topological polar surface area (TPSA) is 138 Å². The van der Waals surface area contributed by atoms with E-state index in [9.17, 15) is 24.4 Å². The van der Waals surface area contributed by atoms with E-state index in [4.69, 9.17) is 0 Å². The Balaban J connectivity index is 1.82. The number of carbonyl (C=O) groups excluding carboxylic acids is 4. The highest BCUT2D eigenvalue weighted by Gasteiger charge is 2.47. The third-order valence-electron chi connectivity index (χ3n) is 8.66. The summed E-state index contributed by atoms with van der Waals surface area (Å²) in [6.45, 7) is 2.53. The van der Waals surface area contributed by atoms with Gasteiger partial charge in [0.15, 0.2) is 0 Å². The lowest BCUT2D eigenvalue weighted by molar-refractivity contribution is -0.130. The number of fused-ring (bicyclic) bond motifs is 2. The molecular weight excluding hydrogens is 558 g/mol. The summed E-state index contributed by atoms with van der Waals surface area (Å²) in [5.74, 6) is -0.698. The van der Waals surface area contributed by atoms with E-state index in [0.717, 1.165) is 28.7 Å². The molecule has 0 radical (unpaired) electrons. The maximum Gasteiger partial charge on any atom is 0.253 e. The summed E-state index contributed by atoms with van der Waals surface area (Å²) in [5.41, 5.74) is 8.76. The highest BCUT2D eigenvalue weighted by molar-refractivity contribution is 5.97. The Hall–Kier alpha value is -4.27. The van der Waals surface area contributed by atoms with Crippen LogP contribution in [-0.2, 0) is 27.8 Å². The smallest absolute Gasteiger partial charge is 0.253 e. The normalized spacial score (nSPS) is 17.4. The Morgan fingerprint density at radius 3 is 2.00 bits per heavy atom. The van der Waals surface area contributed by atoms with Gasteiger partial charge in [0.2, 0.25) is 11.8 Å². The van der Waals surface area contributed by atoms with Crippen molar-refractivity contribution in [3.05, 3.63) is 69.8 Å². The van der Waals surface area contributed by atoms with Crippen LogP contribution in [0.4, 0.5) is 0 Å². The number of benzene rings is 2. The number of nitrogens with one attached hydrogen (secondary N) is 3. The predicted molar refractivity (Wildman–Crippen MR) is 167 cm³/mol. The van der Waals surface area contributed by atoms with Crippen molar-refractivity contribution in [3.63, 3.8) is 0 Å². The zero-order valence-corrected chi connectivity index (χ0v) is 26.5. The van der Waals surface area contributed by atoms with Gasteiger partial charge in [-0.3, -0.25) is 24.6 Å². The van der Waals surface area contributed by atoms with Gasteiger partial charge in [-0.15, -0.1) is 0 Å². The van der Waals surface area contributed by atoms with Gasteiger partial charge in [-0.1, -0.05) is 12.1 Å². The van der Waals surface area contributed by atoms with E-state index in [1.807, 2.05) is 31.2 Å². The third kappa shape index (κ3) is 6.32. The highest BCUT2D eigenvalue weighted by Crippen LogP contribution is 2.44. The monoisotopic (exact) mass is 601 g/mol. The van der Waals surface area contributed by atoms with E-state index in [1.165, 1.54) is 9.80 Å². The average Bonchev–Trinajstić information content (AvgIpc) is 3.45. The van der Waals surface area contributed by atoms with Crippen molar-refractivity contribution in [2.75, 3.05) is 48.3 Å². The molecule has 1 aliphatic heterocycles. The van der Waals surface area contributed by atoms with E-state index < -0.39 is 11.5 Å². The van der Waals surface area contributed by atoms with Crippen LogP contribution in [0.3, 0.4) is 0 Å². The highest BCUT2D eigenvalue weighted by atomic mass is 16.2. The molecule has 1 fully saturated rings. The quantitative estimate of drug-likeness (QED) is 0.372. The zero-order valence-electron chi connectivity index (χ0n) is 26.5. The molecule has 1 heterocycles. The minimum atomic E-state index is -1.22. The first-order valence-electron chi connectivity index (χ1n) is 15.0. The van der Waals surface area contributed by atoms with Crippen molar-refractivity contribution in [1.82, 2.24) is 30.9 Å². The Morgan fingerprint density at radius 2 is 1.52 bits per heavy atom. The molecule has 2 aliphatic rings. The van der Waals surface area contributed by atoms with E-state index in [0.29, 0.717) is 36.9 Å². The molecular formula is C33H43N7O4. The molecule has 234 valence electrons. The van der Waals surface area contributed by atoms with Crippen LogP contribution in [0.2, 0.25) is 0 Å².